The van der Waals surface area contributed by atoms with Crippen molar-refractivity contribution >= 4 is 78.2 Å². The van der Waals surface area contributed by atoms with E-state index in [1.54, 1.807) is 0 Å². The van der Waals surface area contributed by atoms with E-state index in [4.69, 9.17) is 36.0 Å². The van der Waals surface area contributed by atoms with Gasteiger partial charge in [-0.15, -0.1) is 12.8 Å². The Hall–Kier alpha value is -5.34. The summed E-state index contributed by atoms with van der Waals surface area (Å²) in [5, 5.41) is 6.44. The highest BCUT2D eigenvalue weighted by atomic mass is 35.5. The van der Waals surface area contributed by atoms with Crippen LogP contribution >= 0.6 is 23.2 Å². The van der Waals surface area contributed by atoms with Crippen LogP contribution in [0.25, 0.3) is 43.6 Å². The molecule has 0 radical (unpaired) electrons. The molecule has 4 aromatic heterocycles. The summed E-state index contributed by atoms with van der Waals surface area (Å²) in [6.07, 6.45) is 23.2. The van der Waals surface area contributed by atoms with Gasteiger partial charge in [0.15, 0.2) is 0 Å². The molecule has 0 spiro atoms. The van der Waals surface area contributed by atoms with E-state index in [1.165, 1.54) is 44.0 Å². The highest BCUT2D eigenvalue weighted by Gasteiger charge is 2.44. The lowest BCUT2D eigenvalue weighted by atomic mass is 9.96. The van der Waals surface area contributed by atoms with Crippen molar-refractivity contribution in [2.45, 2.75) is 38.4 Å². The maximum absolute atomic E-state index is 6.38. The summed E-state index contributed by atoms with van der Waals surface area (Å²) in [5.41, 5.74) is 9.74. The van der Waals surface area contributed by atoms with Crippen LogP contribution in [-0.2, 0) is 25.9 Å². The molecule has 0 bridgehead atoms. The first kappa shape index (κ1) is 34.4. The van der Waals surface area contributed by atoms with Gasteiger partial charge in [-0.1, -0.05) is 59.3 Å². The molecule has 0 saturated carbocycles. The Labute approximate surface area is 325 Å². The predicted molar refractivity (Wildman–Crippen MR) is 227 cm³/mol. The Morgan fingerprint density at radius 3 is 1.80 bits per heavy atom. The number of quaternary nitrogens is 1. The smallest absolute Gasteiger partial charge is 0.147 e. The third kappa shape index (κ3) is 5.97. The Bertz CT molecular complexity index is 2650. The van der Waals surface area contributed by atoms with Gasteiger partial charge in [0.1, 0.15) is 24.5 Å². The van der Waals surface area contributed by atoms with Crippen molar-refractivity contribution in [3.8, 4) is 24.7 Å². The fourth-order valence-electron chi connectivity index (χ4n) is 9.13. The third-order valence-corrected chi connectivity index (χ3v) is 12.2. The summed E-state index contributed by atoms with van der Waals surface area (Å²) in [4.78, 5) is 9.68. The van der Waals surface area contributed by atoms with E-state index in [9.17, 15) is 0 Å². The second-order valence-electron chi connectivity index (χ2n) is 14.6. The lowest BCUT2D eigenvalue weighted by Gasteiger charge is -2.48. The van der Waals surface area contributed by atoms with Gasteiger partial charge in [-0.3, -0.25) is 9.38 Å². The number of piperazine rings is 1. The van der Waals surface area contributed by atoms with E-state index in [0.717, 1.165) is 82.0 Å². The normalized spacial score (nSPS) is 16.0. The van der Waals surface area contributed by atoms with E-state index < -0.39 is 0 Å². The first-order valence-corrected chi connectivity index (χ1v) is 19.4. The number of aromatic amines is 2. The van der Waals surface area contributed by atoms with Gasteiger partial charge in [0.25, 0.3) is 0 Å². The van der Waals surface area contributed by atoms with Gasteiger partial charge in [-0.2, -0.15) is 0 Å². The highest BCUT2D eigenvalue weighted by Crippen LogP contribution is 2.46. The van der Waals surface area contributed by atoms with Crippen molar-refractivity contribution in [2.24, 2.45) is 0 Å². The van der Waals surface area contributed by atoms with E-state index in [0.29, 0.717) is 13.1 Å². The minimum absolute atomic E-state index is 0.279. The number of hydrogen-bond acceptors (Lipinski definition) is 1. The largest absolute Gasteiger partial charge is 0.361 e. The number of fused-ring (bicyclic) bond motifs is 4. The van der Waals surface area contributed by atoms with E-state index in [-0.39, 0.29) is 6.04 Å². The molecule has 0 amide bonds. The zero-order valence-electron chi connectivity index (χ0n) is 30.0. The van der Waals surface area contributed by atoms with E-state index >= 15 is 0 Å². The van der Waals surface area contributed by atoms with E-state index in [1.807, 2.05) is 24.3 Å². The molecule has 1 saturated heterocycles. The second-order valence-corrected chi connectivity index (χ2v) is 15.4. The topological polar surface area (TPSA) is 44.7 Å². The minimum Gasteiger partial charge on any atom is -0.361 e. The monoisotopic (exact) mass is 747 g/mol. The third-order valence-electron chi connectivity index (χ3n) is 11.7. The van der Waals surface area contributed by atoms with E-state index in [2.05, 4.69) is 121 Å². The van der Waals surface area contributed by atoms with Crippen LogP contribution in [0.1, 0.15) is 17.5 Å². The Balaban J connectivity index is 1.15. The van der Waals surface area contributed by atoms with Crippen LogP contribution in [0.4, 0.5) is 11.4 Å². The lowest BCUT2D eigenvalue weighted by Crippen LogP contribution is -2.62. The summed E-state index contributed by atoms with van der Waals surface area (Å²) in [7, 11) is 0. The van der Waals surface area contributed by atoms with Crippen LogP contribution in [-0.4, -0.2) is 56.2 Å². The number of benzene rings is 4. The van der Waals surface area contributed by atoms with Crippen LogP contribution in [0, 0.1) is 24.7 Å². The molecule has 268 valence electrons. The number of hydrogen-bond donors (Lipinski definition) is 2. The molecule has 0 aliphatic carbocycles. The van der Waals surface area contributed by atoms with Crippen LogP contribution in [0.5, 0.6) is 0 Å². The fraction of sp³-hybridized carbons (Fsp3) is 0.217. The number of halogens is 2. The van der Waals surface area contributed by atoms with Gasteiger partial charge in [-0.25, -0.2) is 0 Å². The molecule has 5 heterocycles. The molecular weight excluding hydrogens is 707 g/mol. The molecule has 9 rings (SSSR count). The fourth-order valence-corrected chi connectivity index (χ4v) is 9.48. The molecule has 1 aliphatic heterocycles. The van der Waals surface area contributed by atoms with Crippen molar-refractivity contribution < 1.29 is 0 Å². The number of aromatic nitrogens is 4. The second kappa shape index (κ2) is 14.1. The maximum Gasteiger partial charge on any atom is 0.147 e. The van der Waals surface area contributed by atoms with Crippen molar-refractivity contribution in [1.29, 1.82) is 0 Å². The van der Waals surface area contributed by atoms with Gasteiger partial charge in [0.2, 0.25) is 0 Å². The molecule has 54 heavy (non-hydrogen) atoms. The molecule has 1 atom stereocenters. The average Bonchev–Trinajstić information content (AvgIpc) is 3.99. The summed E-state index contributed by atoms with van der Waals surface area (Å²) in [6, 6.07) is 30.6. The zero-order chi connectivity index (χ0) is 36.8. The average molecular weight is 749 g/mol. The standard InChI is InChI=1S/C46H41Cl2N6/c1-3-20-52-23-18-39-43(52)7-5-9-45(39)54(46-10-6-8-44-40(46)19-24-53(44)21-4-2)26-25-51(22-17-33-30-50-42-28-35(48)13-16-38(33)42)36(31-54)14-11-32-29-49-41-27-34(47)12-15-37(32)41/h1-2,5-10,12-13,15-16,18-19,23-24,27-30,36,49-50H,11,14,17,20-22,25-26,31H2/q+1. The van der Waals surface area contributed by atoms with Gasteiger partial charge in [0, 0.05) is 81.9 Å². The zero-order valence-corrected chi connectivity index (χ0v) is 31.5. The molecule has 2 N–H and O–H groups in total. The molecule has 8 aromatic rings. The number of rotatable bonds is 10. The van der Waals surface area contributed by atoms with Gasteiger partial charge in [-0.05, 0) is 78.9 Å². The Morgan fingerprint density at radius 1 is 0.685 bits per heavy atom. The molecular formula is C46H41Cl2N6+. The van der Waals surface area contributed by atoms with Crippen molar-refractivity contribution in [1.82, 2.24) is 28.5 Å². The van der Waals surface area contributed by atoms with Gasteiger partial charge >= 0.3 is 0 Å². The van der Waals surface area contributed by atoms with Crippen molar-refractivity contribution in [3.63, 3.8) is 0 Å². The van der Waals surface area contributed by atoms with Crippen LogP contribution in [0.2, 0.25) is 10.0 Å². The predicted octanol–water partition coefficient (Wildman–Crippen LogP) is 10.3. The van der Waals surface area contributed by atoms with Crippen molar-refractivity contribution in [3.05, 3.63) is 131 Å². The molecule has 1 fully saturated rings. The number of H-pyrrole nitrogens is 2. The maximum atomic E-state index is 6.38. The molecule has 6 nitrogen and oxygen atoms in total. The summed E-state index contributed by atoms with van der Waals surface area (Å²) < 4.78 is 5.10. The Kier molecular flexibility index (Phi) is 9.02. The summed E-state index contributed by atoms with van der Waals surface area (Å²) >= 11 is 12.7. The molecule has 1 unspecified atom stereocenters. The number of terminal acetylenes is 2. The Morgan fingerprint density at radius 2 is 1.24 bits per heavy atom. The highest BCUT2D eigenvalue weighted by molar-refractivity contribution is 6.31. The van der Waals surface area contributed by atoms with Gasteiger partial charge in [0.05, 0.1) is 40.9 Å². The van der Waals surface area contributed by atoms with Crippen LogP contribution in [0.3, 0.4) is 0 Å². The molecule has 1 aliphatic rings. The number of nitrogens with zero attached hydrogens (tertiary/aromatic N) is 4. The lowest BCUT2D eigenvalue weighted by molar-refractivity contribution is 0.103. The first-order chi connectivity index (χ1) is 26.5. The first-order valence-electron chi connectivity index (χ1n) is 18.6. The molecule has 4 aromatic carbocycles. The number of nitrogens with one attached hydrogen (secondary N) is 2. The quantitative estimate of drug-likeness (QED) is 0.106. The SMILES string of the molecule is C#CCn1ccc2c([N+]3(c4cccc5c4ccn5CC#C)CCN(CCc4c[nH]c5cc(Cl)ccc45)C(CCc4c[nH]c5cc(Cl)ccc45)C3)cccc21. The number of aryl methyl sites for hydroxylation is 1. The summed E-state index contributed by atoms with van der Waals surface area (Å²) in [5.74, 6) is 5.71. The summed E-state index contributed by atoms with van der Waals surface area (Å²) in [6.45, 7) is 4.79. The van der Waals surface area contributed by atoms with Crippen molar-refractivity contribution in [2.75, 3.05) is 26.2 Å². The molecule has 8 heteroatoms. The minimum atomic E-state index is 0.279. The van der Waals surface area contributed by atoms with Crippen LogP contribution in [0.15, 0.2) is 110 Å². The van der Waals surface area contributed by atoms with Crippen LogP contribution < -0.4 is 4.48 Å². The van der Waals surface area contributed by atoms with Gasteiger partial charge < -0.3 is 19.1 Å².